The van der Waals surface area contributed by atoms with E-state index in [0.717, 1.165) is 11.1 Å². The van der Waals surface area contributed by atoms with Crippen LogP contribution in [0.25, 0.3) is 6.08 Å². The topological polar surface area (TPSA) is 74.6 Å². The van der Waals surface area contributed by atoms with Gasteiger partial charge in [-0.3, -0.25) is 0 Å². The standard InChI is InChI=1S/C17H12O4/c18-16(19)13-8-4-3-7-12(13)15-11-6-2-1-5-10(11)9-14(15)17(20)21/h1-9,15H,(H,18,19)(H,20,21). The molecular weight excluding hydrogens is 268 g/mol. The normalized spacial score (nSPS) is 16.2. The smallest absolute Gasteiger partial charge is 0.335 e. The third kappa shape index (κ3) is 2.10. The maximum absolute atomic E-state index is 11.5. The largest absolute Gasteiger partial charge is 0.478 e. The summed E-state index contributed by atoms with van der Waals surface area (Å²) in [7, 11) is 0. The van der Waals surface area contributed by atoms with Crippen molar-refractivity contribution < 1.29 is 19.8 Å². The van der Waals surface area contributed by atoms with Gasteiger partial charge in [0.05, 0.1) is 5.56 Å². The second-order valence-electron chi connectivity index (χ2n) is 4.86. The molecule has 2 aromatic carbocycles. The average molecular weight is 280 g/mol. The fourth-order valence-corrected chi connectivity index (χ4v) is 2.79. The first-order valence-electron chi connectivity index (χ1n) is 6.45. The van der Waals surface area contributed by atoms with Crippen molar-refractivity contribution in [3.63, 3.8) is 0 Å². The van der Waals surface area contributed by atoms with E-state index in [1.165, 1.54) is 6.07 Å². The van der Waals surface area contributed by atoms with Gasteiger partial charge in [-0.15, -0.1) is 0 Å². The van der Waals surface area contributed by atoms with Gasteiger partial charge in [0.25, 0.3) is 0 Å². The van der Waals surface area contributed by atoms with Gasteiger partial charge < -0.3 is 10.2 Å². The maximum Gasteiger partial charge on any atom is 0.335 e. The fourth-order valence-electron chi connectivity index (χ4n) is 2.79. The van der Waals surface area contributed by atoms with Crippen molar-refractivity contribution in [3.8, 4) is 0 Å². The Kier molecular flexibility index (Phi) is 3.06. The molecule has 2 aromatic rings. The molecule has 0 aliphatic heterocycles. The third-order valence-corrected chi connectivity index (χ3v) is 3.68. The first-order chi connectivity index (χ1) is 10.1. The molecule has 4 nitrogen and oxygen atoms in total. The highest BCUT2D eigenvalue weighted by atomic mass is 16.4. The molecule has 0 bridgehead atoms. The summed E-state index contributed by atoms with van der Waals surface area (Å²) in [5, 5.41) is 18.8. The molecule has 0 saturated carbocycles. The highest BCUT2D eigenvalue weighted by Crippen LogP contribution is 2.42. The molecule has 0 heterocycles. The van der Waals surface area contributed by atoms with Crippen LogP contribution in [0.15, 0.2) is 54.1 Å². The zero-order valence-corrected chi connectivity index (χ0v) is 11.0. The van der Waals surface area contributed by atoms with Crippen molar-refractivity contribution in [1.82, 2.24) is 0 Å². The highest BCUT2D eigenvalue weighted by molar-refractivity contribution is 5.99. The molecule has 21 heavy (non-hydrogen) atoms. The number of aliphatic carboxylic acids is 1. The minimum atomic E-state index is -1.06. The first-order valence-corrected chi connectivity index (χ1v) is 6.45. The van der Waals surface area contributed by atoms with Crippen LogP contribution in [0.4, 0.5) is 0 Å². The van der Waals surface area contributed by atoms with Crippen LogP contribution in [0.3, 0.4) is 0 Å². The Labute approximate surface area is 121 Å². The van der Waals surface area contributed by atoms with Crippen molar-refractivity contribution in [2.24, 2.45) is 0 Å². The van der Waals surface area contributed by atoms with Gasteiger partial charge in [-0.05, 0) is 28.8 Å². The van der Waals surface area contributed by atoms with Gasteiger partial charge in [0, 0.05) is 11.5 Å². The lowest BCUT2D eigenvalue weighted by Gasteiger charge is -2.17. The molecule has 4 heteroatoms. The van der Waals surface area contributed by atoms with Crippen LogP contribution >= 0.6 is 0 Å². The lowest BCUT2D eigenvalue weighted by Crippen LogP contribution is -2.13. The summed E-state index contributed by atoms with van der Waals surface area (Å²) in [6.07, 6.45) is 1.61. The maximum atomic E-state index is 11.5. The van der Waals surface area contributed by atoms with Crippen molar-refractivity contribution in [2.75, 3.05) is 0 Å². The molecule has 0 saturated heterocycles. The van der Waals surface area contributed by atoms with Gasteiger partial charge in [0.15, 0.2) is 0 Å². The van der Waals surface area contributed by atoms with E-state index in [1.54, 1.807) is 24.3 Å². The SMILES string of the molecule is O=C(O)C1=Cc2ccccc2C1c1ccccc1C(=O)O. The van der Waals surface area contributed by atoms with Gasteiger partial charge in [-0.25, -0.2) is 9.59 Å². The third-order valence-electron chi connectivity index (χ3n) is 3.68. The molecule has 0 aromatic heterocycles. The molecule has 1 aliphatic carbocycles. The number of hydrogen-bond acceptors (Lipinski definition) is 2. The van der Waals surface area contributed by atoms with Crippen LogP contribution in [-0.4, -0.2) is 22.2 Å². The van der Waals surface area contributed by atoms with E-state index >= 15 is 0 Å². The molecule has 1 aliphatic rings. The number of carbonyl (C=O) groups is 2. The van der Waals surface area contributed by atoms with Gasteiger partial charge in [-0.2, -0.15) is 0 Å². The summed E-state index contributed by atoms with van der Waals surface area (Å²) in [5.74, 6) is -2.64. The summed E-state index contributed by atoms with van der Waals surface area (Å²) >= 11 is 0. The van der Waals surface area contributed by atoms with E-state index in [0.29, 0.717) is 5.56 Å². The Hall–Kier alpha value is -2.88. The lowest BCUT2D eigenvalue weighted by molar-refractivity contribution is -0.132. The molecule has 104 valence electrons. The van der Waals surface area contributed by atoms with E-state index in [4.69, 9.17) is 0 Å². The first kappa shape index (κ1) is 13.1. The molecule has 0 fully saturated rings. The van der Waals surface area contributed by atoms with Crippen molar-refractivity contribution in [1.29, 1.82) is 0 Å². The number of aromatic carboxylic acids is 1. The number of fused-ring (bicyclic) bond motifs is 1. The molecular formula is C17H12O4. The minimum absolute atomic E-state index is 0.131. The lowest BCUT2D eigenvalue weighted by atomic mass is 9.85. The number of rotatable bonds is 3. The molecule has 1 atom stereocenters. The summed E-state index contributed by atoms with van der Waals surface area (Å²) in [6, 6.07) is 13.9. The number of benzene rings is 2. The summed E-state index contributed by atoms with van der Waals surface area (Å²) in [4.78, 5) is 22.9. The van der Waals surface area contributed by atoms with Gasteiger partial charge in [0.2, 0.25) is 0 Å². The van der Waals surface area contributed by atoms with Gasteiger partial charge in [0.1, 0.15) is 0 Å². The van der Waals surface area contributed by atoms with Crippen molar-refractivity contribution >= 4 is 18.0 Å². The van der Waals surface area contributed by atoms with Crippen LogP contribution in [0.2, 0.25) is 0 Å². The molecule has 2 N–H and O–H groups in total. The second kappa shape index (κ2) is 4.90. The Morgan fingerprint density at radius 1 is 0.810 bits per heavy atom. The second-order valence-corrected chi connectivity index (χ2v) is 4.86. The predicted molar refractivity (Wildman–Crippen MR) is 77.3 cm³/mol. The Balaban J connectivity index is 2.23. The van der Waals surface area contributed by atoms with E-state index < -0.39 is 17.9 Å². The van der Waals surface area contributed by atoms with Crippen molar-refractivity contribution in [3.05, 3.63) is 76.4 Å². The predicted octanol–water partition coefficient (Wildman–Crippen LogP) is 3.00. The Morgan fingerprint density at radius 2 is 1.43 bits per heavy atom. The molecule has 3 rings (SSSR count). The van der Waals surface area contributed by atoms with E-state index in [9.17, 15) is 19.8 Å². The molecule has 0 amide bonds. The summed E-state index contributed by atoms with van der Waals surface area (Å²) < 4.78 is 0. The summed E-state index contributed by atoms with van der Waals surface area (Å²) in [6.45, 7) is 0. The quantitative estimate of drug-likeness (QED) is 0.906. The van der Waals surface area contributed by atoms with Crippen LogP contribution in [0.5, 0.6) is 0 Å². The molecule has 0 radical (unpaired) electrons. The van der Waals surface area contributed by atoms with Gasteiger partial charge >= 0.3 is 11.9 Å². The van der Waals surface area contributed by atoms with E-state index in [2.05, 4.69) is 0 Å². The zero-order valence-electron chi connectivity index (χ0n) is 11.0. The van der Waals surface area contributed by atoms with Crippen LogP contribution in [0, 0.1) is 0 Å². The summed E-state index contributed by atoms with van der Waals surface area (Å²) in [5.41, 5.74) is 2.48. The fraction of sp³-hybridized carbons (Fsp3) is 0.0588. The molecule has 1 unspecified atom stereocenters. The number of hydrogen-bond donors (Lipinski definition) is 2. The molecule has 0 spiro atoms. The van der Waals surface area contributed by atoms with Crippen LogP contribution in [0.1, 0.15) is 33.0 Å². The van der Waals surface area contributed by atoms with E-state index in [-0.39, 0.29) is 11.1 Å². The van der Waals surface area contributed by atoms with Gasteiger partial charge in [-0.1, -0.05) is 42.5 Å². The minimum Gasteiger partial charge on any atom is -0.478 e. The van der Waals surface area contributed by atoms with Crippen molar-refractivity contribution in [2.45, 2.75) is 5.92 Å². The Bertz CT molecular complexity index is 774. The van der Waals surface area contributed by atoms with Crippen LogP contribution < -0.4 is 0 Å². The van der Waals surface area contributed by atoms with E-state index in [1.807, 2.05) is 24.3 Å². The Morgan fingerprint density at radius 3 is 2.10 bits per heavy atom. The van der Waals surface area contributed by atoms with Crippen LogP contribution in [-0.2, 0) is 4.79 Å². The average Bonchev–Trinajstić information content (AvgIpc) is 2.86. The highest BCUT2D eigenvalue weighted by Gasteiger charge is 2.33. The number of carboxylic acid groups (broad SMARTS) is 2. The monoisotopic (exact) mass is 280 g/mol. The zero-order chi connectivity index (χ0) is 15.0. The number of carboxylic acids is 2.